The number of ether oxygens (including phenoxy) is 1. The molecule has 1 spiro atoms. The van der Waals surface area contributed by atoms with Crippen molar-refractivity contribution in [3.05, 3.63) is 53.5 Å². The number of fused-ring (bicyclic) bond motifs is 5. The van der Waals surface area contributed by atoms with Crippen LogP contribution >= 0.6 is 0 Å². The van der Waals surface area contributed by atoms with Gasteiger partial charge in [-0.25, -0.2) is 18.2 Å². The van der Waals surface area contributed by atoms with Crippen LogP contribution < -0.4 is 9.80 Å². The largest absolute Gasteiger partial charge is 0.366 e. The van der Waals surface area contributed by atoms with E-state index in [4.69, 9.17) is 4.74 Å². The van der Waals surface area contributed by atoms with Crippen LogP contribution in [0.2, 0.25) is 0 Å². The topological polar surface area (TPSA) is 70.0 Å². The number of alkyl halides is 3. The zero-order valence-electron chi connectivity index (χ0n) is 24.5. The Balaban J connectivity index is 1.11. The molecule has 0 saturated carbocycles. The summed E-state index contributed by atoms with van der Waals surface area (Å²) in [6.07, 6.45) is 6.29. The monoisotopic (exact) mass is 597 g/mol. The quantitative estimate of drug-likeness (QED) is 0.485. The van der Waals surface area contributed by atoms with Gasteiger partial charge in [0.15, 0.2) is 0 Å². The molecule has 3 fully saturated rings. The number of piperazine rings is 1. The van der Waals surface area contributed by atoms with Gasteiger partial charge < -0.3 is 19.4 Å². The number of anilines is 2. The van der Waals surface area contributed by atoms with Gasteiger partial charge in [-0.15, -0.1) is 0 Å². The van der Waals surface area contributed by atoms with Crippen molar-refractivity contribution in [3.63, 3.8) is 0 Å². The first-order valence-electron chi connectivity index (χ1n) is 15.2. The zero-order chi connectivity index (χ0) is 29.9. The van der Waals surface area contributed by atoms with Crippen LogP contribution in [0.5, 0.6) is 0 Å². The summed E-state index contributed by atoms with van der Waals surface area (Å²) in [7, 11) is 0. The summed E-state index contributed by atoms with van der Waals surface area (Å²) >= 11 is 0. The van der Waals surface area contributed by atoms with Crippen LogP contribution in [0, 0.1) is 6.92 Å². The van der Waals surface area contributed by atoms with Crippen molar-refractivity contribution in [1.29, 1.82) is 0 Å². The zero-order valence-corrected chi connectivity index (χ0v) is 24.5. The first-order chi connectivity index (χ1) is 20.8. The van der Waals surface area contributed by atoms with E-state index < -0.39 is 24.7 Å². The second kappa shape index (κ2) is 11.0. The number of rotatable bonds is 5. The summed E-state index contributed by atoms with van der Waals surface area (Å²) in [6, 6.07) is 2.02. The molecule has 3 atom stereocenters. The van der Waals surface area contributed by atoms with Gasteiger partial charge in [0.05, 0.1) is 24.2 Å². The molecule has 0 radical (unpaired) electrons. The molecular weight excluding hydrogens is 559 g/mol. The predicted molar refractivity (Wildman–Crippen MR) is 157 cm³/mol. The van der Waals surface area contributed by atoms with E-state index in [1.807, 2.05) is 30.0 Å². The third kappa shape index (κ3) is 4.64. The molecule has 5 aliphatic heterocycles. The van der Waals surface area contributed by atoms with Gasteiger partial charge in [0.2, 0.25) is 5.91 Å². The molecule has 9 nitrogen and oxygen atoms in total. The number of hydrogen-bond donors (Lipinski definition) is 0. The highest BCUT2D eigenvalue weighted by Crippen LogP contribution is 2.46. The summed E-state index contributed by atoms with van der Waals surface area (Å²) in [5.41, 5.74) is 2.47. The third-order valence-electron chi connectivity index (χ3n) is 10.1. The van der Waals surface area contributed by atoms with Gasteiger partial charge in [-0.2, -0.15) is 5.10 Å². The van der Waals surface area contributed by atoms with Crippen LogP contribution in [0.15, 0.2) is 31.0 Å². The van der Waals surface area contributed by atoms with Gasteiger partial charge in [-0.05, 0) is 37.8 Å². The maximum atomic E-state index is 14.5. The summed E-state index contributed by atoms with van der Waals surface area (Å²) in [6.45, 7) is 10.1. The maximum Gasteiger partial charge on any atom is 0.281 e. The van der Waals surface area contributed by atoms with Gasteiger partial charge in [0, 0.05) is 69.5 Å². The van der Waals surface area contributed by atoms with E-state index in [0.717, 1.165) is 43.0 Å². The lowest BCUT2D eigenvalue weighted by atomic mass is 9.84. The SMILES string of the molecule is C=CC(=O)N1CCN(C2CN3c4cc(N5CCC6(CC5)OCC(CF)n5ncc(C)c56)nc(C(F)F)c4C=CCC23)CC1. The highest BCUT2D eigenvalue weighted by Gasteiger charge is 2.47. The molecule has 12 heteroatoms. The molecule has 43 heavy (non-hydrogen) atoms. The Morgan fingerprint density at radius 2 is 1.95 bits per heavy atom. The average molecular weight is 598 g/mol. The van der Waals surface area contributed by atoms with Gasteiger partial charge in [0.1, 0.15) is 29.8 Å². The Labute approximate surface area is 249 Å². The maximum absolute atomic E-state index is 14.5. The summed E-state index contributed by atoms with van der Waals surface area (Å²) in [5, 5.41) is 4.45. The van der Waals surface area contributed by atoms with Crippen molar-refractivity contribution in [2.24, 2.45) is 0 Å². The van der Waals surface area contributed by atoms with Crippen molar-refractivity contribution < 1.29 is 22.7 Å². The number of aryl methyl sites for hydroxylation is 1. The van der Waals surface area contributed by atoms with Crippen LogP contribution in [0.3, 0.4) is 0 Å². The van der Waals surface area contributed by atoms with Crippen molar-refractivity contribution in [2.45, 2.75) is 56.3 Å². The van der Waals surface area contributed by atoms with Gasteiger partial charge in [-0.1, -0.05) is 18.7 Å². The first-order valence-corrected chi connectivity index (χ1v) is 15.2. The Hall–Kier alpha value is -3.38. The standard InChI is InChI=1S/C31H38F3N7O2/c1-3-27(42)39-13-11-37(12-14-39)25-18-40-23(25)6-4-5-22-24(40)15-26(36-28(22)30(33)34)38-9-7-31(8-10-38)29-20(2)17-35-41(29)21(16-32)19-43-31/h3-5,15,17,21,23,25,30H,1,6-14,16,18-19H2,2H3. The molecule has 2 aromatic heterocycles. The van der Waals surface area contributed by atoms with E-state index in [1.165, 1.54) is 6.08 Å². The number of hydrogen-bond acceptors (Lipinski definition) is 7. The number of nitrogens with zero attached hydrogens (tertiary/aromatic N) is 7. The second-order valence-electron chi connectivity index (χ2n) is 12.3. The fraction of sp³-hybridized carbons (Fsp3) is 0.581. The number of halogens is 3. The smallest absolute Gasteiger partial charge is 0.281 e. The van der Waals surface area contributed by atoms with Crippen LogP contribution in [-0.2, 0) is 15.1 Å². The van der Waals surface area contributed by atoms with Gasteiger partial charge in [0.25, 0.3) is 6.43 Å². The number of piperidine rings is 1. The number of pyridine rings is 1. The van der Waals surface area contributed by atoms with Crippen LogP contribution in [0.1, 0.15) is 54.2 Å². The van der Waals surface area contributed by atoms with E-state index in [2.05, 4.69) is 31.4 Å². The summed E-state index contributed by atoms with van der Waals surface area (Å²) in [5.74, 6) is 0.518. The molecule has 7 heterocycles. The number of amides is 1. The minimum absolute atomic E-state index is 0.0378. The lowest BCUT2D eigenvalue weighted by Crippen LogP contribution is -2.69. The fourth-order valence-corrected chi connectivity index (χ4v) is 7.74. The second-order valence-corrected chi connectivity index (χ2v) is 12.3. The molecule has 0 bridgehead atoms. The molecule has 5 aliphatic rings. The lowest BCUT2D eigenvalue weighted by molar-refractivity contribution is -0.128. The number of carbonyl (C=O) groups excluding carboxylic acids is 1. The Morgan fingerprint density at radius 3 is 2.65 bits per heavy atom. The van der Waals surface area contributed by atoms with E-state index >= 15 is 0 Å². The highest BCUT2D eigenvalue weighted by atomic mass is 19.3. The molecule has 3 saturated heterocycles. The van der Waals surface area contributed by atoms with Crippen LogP contribution in [-0.4, -0.2) is 102 Å². The molecule has 230 valence electrons. The van der Waals surface area contributed by atoms with Crippen molar-refractivity contribution in [2.75, 3.05) is 68.9 Å². The van der Waals surface area contributed by atoms with E-state index in [9.17, 15) is 18.0 Å². The molecule has 0 N–H and O–H groups in total. The summed E-state index contributed by atoms with van der Waals surface area (Å²) < 4.78 is 50.7. The normalized spacial score (nSPS) is 26.5. The molecule has 1 amide bonds. The van der Waals surface area contributed by atoms with Crippen molar-refractivity contribution >= 4 is 23.5 Å². The molecule has 2 aromatic rings. The molecule has 7 rings (SSSR count). The predicted octanol–water partition coefficient (Wildman–Crippen LogP) is 3.86. The number of carbonyl (C=O) groups is 1. The fourth-order valence-electron chi connectivity index (χ4n) is 7.74. The molecular formula is C31H38F3N7O2. The van der Waals surface area contributed by atoms with Gasteiger partial charge >= 0.3 is 0 Å². The Morgan fingerprint density at radius 1 is 1.19 bits per heavy atom. The molecule has 3 unspecified atom stereocenters. The summed E-state index contributed by atoms with van der Waals surface area (Å²) in [4.78, 5) is 25.1. The first kappa shape index (κ1) is 28.4. The van der Waals surface area contributed by atoms with Crippen molar-refractivity contribution in [3.8, 4) is 0 Å². The Bertz CT molecular complexity index is 1430. The average Bonchev–Trinajstić information content (AvgIpc) is 3.35. The Kier molecular flexibility index (Phi) is 7.24. The van der Waals surface area contributed by atoms with Crippen molar-refractivity contribution in [1.82, 2.24) is 24.6 Å². The van der Waals surface area contributed by atoms with Crippen LogP contribution in [0.4, 0.5) is 24.7 Å². The molecule has 0 aliphatic carbocycles. The number of aromatic nitrogens is 3. The van der Waals surface area contributed by atoms with E-state index in [0.29, 0.717) is 56.4 Å². The van der Waals surface area contributed by atoms with Crippen LogP contribution in [0.25, 0.3) is 6.08 Å². The minimum Gasteiger partial charge on any atom is -0.366 e. The van der Waals surface area contributed by atoms with Gasteiger partial charge in [-0.3, -0.25) is 14.4 Å². The minimum atomic E-state index is -2.70. The third-order valence-corrected chi connectivity index (χ3v) is 10.1. The van der Waals surface area contributed by atoms with E-state index in [1.54, 1.807) is 10.9 Å². The molecule has 0 aromatic carbocycles. The highest BCUT2D eigenvalue weighted by molar-refractivity contribution is 5.87. The lowest BCUT2D eigenvalue weighted by Gasteiger charge is -2.55. The van der Waals surface area contributed by atoms with E-state index in [-0.39, 0.29) is 24.2 Å².